The number of rotatable bonds is 0. The van der Waals surface area contributed by atoms with Gasteiger partial charge in [-0.1, -0.05) is 30.4 Å². The molecule has 2 aliphatic rings. The molecule has 0 saturated heterocycles. The second kappa shape index (κ2) is 2.67. The van der Waals surface area contributed by atoms with Crippen molar-refractivity contribution < 1.29 is 0 Å². The average molecular weight is 210 g/mol. The monoisotopic (exact) mass is 210 g/mol. The van der Waals surface area contributed by atoms with Gasteiger partial charge in [0.1, 0.15) is 0 Å². The Labute approximate surface area is 93.0 Å². The van der Waals surface area contributed by atoms with Crippen molar-refractivity contribution in [1.29, 1.82) is 0 Å². The van der Waals surface area contributed by atoms with Gasteiger partial charge >= 0.3 is 0 Å². The lowest BCUT2D eigenvalue weighted by atomic mass is 9.96. The Morgan fingerprint density at radius 3 is 3.07 bits per heavy atom. The van der Waals surface area contributed by atoms with Crippen LogP contribution in [0.5, 0.6) is 0 Å². The van der Waals surface area contributed by atoms with E-state index in [-0.39, 0.29) is 0 Å². The first-order valence-electron chi connectivity index (χ1n) is 5.27. The fourth-order valence-corrected chi connectivity index (χ4v) is 3.80. The summed E-state index contributed by atoms with van der Waals surface area (Å²) in [5.41, 5.74) is 6.00. The minimum Gasteiger partial charge on any atom is -0.152 e. The molecule has 1 heterocycles. The summed E-state index contributed by atoms with van der Waals surface area (Å²) in [6, 6.07) is 8.98. The van der Waals surface area contributed by atoms with E-state index in [0.29, 0.717) is 0 Å². The van der Waals surface area contributed by atoms with Crippen molar-refractivity contribution in [2.75, 3.05) is 0 Å². The van der Waals surface area contributed by atoms with Gasteiger partial charge < -0.3 is 0 Å². The summed E-state index contributed by atoms with van der Waals surface area (Å²) >= 11 is 2.03. The Bertz CT molecular complexity index is 608. The van der Waals surface area contributed by atoms with Gasteiger partial charge in [-0.15, -0.1) is 0 Å². The van der Waals surface area contributed by atoms with Crippen molar-refractivity contribution in [2.45, 2.75) is 11.5 Å². The number of fused-ring (bicyclic) bond motifs is 2. The second-order valence-corrected chi connectivity index (χ2v) is 5.19. The van der Waals surface area contributed by atoms with E-state index in [1.165, 1.54) is 33.4 Å². The largest absolute Gasteiger partial charge is 0.152 e. The van der Waals surface area contributed by atoms with E-state index in [4.69, 9.17) is 0 Å². The zero-order chi connectivity index (χ0) is 9.83. The molecule has 0 aromatic heterocycles. The van der Waals surface area contributed by atoms with Crippen LogP contribution in [-0.4, -0.2) is 0 Å². The molecule has 0 radical (unpaired) electrons. The third-order valence-corrected chi connectivity index (χ3v) is 4.38. The van der Waals surface area contributed by atoms with Gasteiger partial charge in [-0.3, -0.25) is 0 Å². The second-order valence-electron chi connectivity index (χ2n) is 4.20. The molecule has 1 aliphatic carbocycles. The Hall–Kier alpha value is -1.21. The predicted octanol–water partition coefficient (Wildman–Crippen LogP) is 4.07. The lowest BCUT2D eigenvalue weighted by Crippen LogP contribution is -1.88. The van der Waals surface area contributed by atoms with E-state index in [9.17, 15) is 0 Å². The Morgan fingerprint density at radius 2 is 2.07 bits per heavy atom. The molecule has 0 unspecified atom stereocenters. The summed E-state index contributed by atoms with van der Waals surface area (Å²) in [5.74, 6) is 2.38. The molecule has 0 fully saturated rings. The molecular weight excluding hydrogens is 200 g/mol. The van der Waals surface area contributed by atoms with E-state index in [1.54, 1.807) is 11.1 Å². The van der Waals surface area contributed by atoms with Gasteiger partial charge in [0, 0.05) is 11.5 Å². The zero-order valence-electron chi connectivity index (χ0n) is 8.29. The first-order chi connectivity index (χ1) is 7.43. The van der Waals surface area contributed by atoms with Gasteiger partial charge in [0.25, 0.3) is 0 Å². The summed E-state index contributed by atoms with van der Waals surface area (Å²) in [4.78, 5) is 0. The quantitative estimate of drug-likeness (QED) is 0.539. The van der Waals surface area contributed by atoms with Crippen molar-refractivity contribution in [1.82, 2.24) is 0 Å². The van der Waals surface area contributed by atoms with Crippen LogP contribution in [0.4, 0.5) is 0 Å². The van der Waals surface area contributed by atoms with Crippen LogP contribution in [0.2, 0.25) is 0 Å². The van der Waals surface area contributed by atoms with E-state index >= 15 is 0 Å². The van der Waals surface area contributed by atoms with E-state index in [1.807, 2.05) is 11.8 Å². The predicted molar refractivity (Wildman–Crippen MR) is 67.9 cm³/mol. The van der Waals surface area contributed by atoms with Gasteiger partial charge in [0.15, 0.2) is 0 Å². The smallest absolute Gasteiger partial charge is 0.0197 e. The average Bonchev–Trinajstić information content (AvgIpc) is 2.85. The van der Waals surface area contributed by atoms with Crippen LogP contribution in [0.3, 0.4) is 0 Å². The lowest BCUT2D eigenvalue weighted by molar-refractivity contribution is 1.36. The fourth-order valence-electron chi connectivity index (χ4n) is 2.68. The maximum Gasteiger partial charge on any atom is 0.0197 e. The molecular formula is C14H10S. The van der Waals surface area contributed by atoms with Crippen LogP contribution in [0, 0.1) is 0 Å². The summed E-state index contributed by atoms with van der Waals surface area (Å²) in [6.07, 6.45) is 4.54. The highest BCUT2D eigenvalue weighted by Gasteiger charge is 2.20. The molecule has 0 atom stereocenters. The topological polar surface area (TPSA) is 0 Å². The molecule has 0 N–H and O–H groups in total. The van der Waals surface area contributed by atoms with Crippen molar-refractivity contribution in [3.05, 3.63) is 46.5 Å². The molecule has 0 bridgehead atoms. The molecule has 2 aromatic rings. The summed E-state index contributed by atoms with van der Waals surface area (Å²) in [6.45, 7) is 0. The molecule has 2 aromatic carbocycles. The number of thioether (sulfide) groups is 1. The third-order valence-electron chi connectivity index (χ3n) is 3.37. The van der Waals surface area contributed by atoms with Crippen LogP contribution in [0.25, 0.3) is 22.9 Å². The zero-order valence-corrected chi connectivity index (χ0v) is 9.10. The number of benzene rings is 2. The Kier molecular flexibility index (Phi) is 1.43. The maximum atomic E-state index is 2.38. The van der Waals surface area contributed by atoms with E-state index in [0.717, 1.165) is 0 Å². The van der Waals surface area contributed by atoms with Crippen LogP contribution in [0.1, 0.15) is 22.3 Å². The standard InChI is InChI=1S/C14H10S/c1-2-9-4-5-12-13-8-15-7-11(13)6-10(3-1)14(9)12/h1-6H,7-8H2. The minimum atomic E-state index is 1.19. The molecule has 0 spiro atoms. The SMILES string of the molecule is C1=Cc2c3c(cc4cccc1c24)CSC3. The van der Waals surface area contributed by atoms with Gasteiger partial charge in [-0.05, 0) is 39.1 Å². The molecule has 0 nitrogen and oxygen atoms in total. The van der Waals surface area contributed by atoms with Gasteiger partial charge in [0.05, 0.1) is 0 Å². The Balaban J connectivity index is 2.26. The normalized spacial score (nSPS) is 16.3. The number of hydrogen-bond acceptors (Lipinski definition) is 1. The van der Waals surface area contributed by atoms with Gasteiger partial charge in [0.2, 0.25) is 0 Å². The first-order valence-corrected chi connectivity index (χ1v) is 6.42. The molecule has 1 heteroatoms. The van der Waals surface area contributed by atoms with Crippen molar-refractivity contribution in [3.8, 4) is 0 Å². The minimum absolute atomic E-state index is 1.19. The number of hydrogen-bond donors (Lipinski definition) is 0. The van der Waals surface area contributed by atoms with Gasteiger partial charge in [-0.25, -0.2) is 0 Å². The van der Waals surface area contributed by atoms with Crippen molar-refractivity contribution >= 4 is 34.7 Å². The van der Waals surface area contributed by atoms with Crippen LogP contribution >= 0.6 is 11.8 Å². The highest BCUT2D eigenvalue weighted by Crippen LogP contribution is 2.41. The van der Waals surface area contributed by atoms with E-state index in [2.05, 4.69) is 36.4 Å². The lowest BCUT2D eigenvalue weighted by Gasteiger charge is -2.07. The summed E-state index contributed by atoms with van der Waals surface area (Å²) in [5, 5.41) is 2.88. The Morgan fingerprint density at radius 1 is 1.07 bits per heavy atom. The third kappa shape index (κ3) is 0.941. The first kappa shape index (κ1) is 8.00. The molecule has 0 amide bonds. The molecule has 0 saturated carbocycles. The van der Waals surface area contributed by atoms with Crippen molar-refractivity contribution in [2.24, 2.45) is 0 Å². The molecule has 4 rings (SSSR count). The van der Waals surface area contributed by atoms with Crippen LogP contribution in [-0.2, 0) is 11.5 Å². The maximum absolute atomic E-state index is 2.38. The van der Waals surface area contributed by atoms with Gasteiger partial charge in [-0.2, -0.15) is 11.8 Å². The summed E-state index contributed by atoms with van der Waals surface area (Å²) < 4.78 is 0. The molecule has 72 valence electrons. The van der Waals surface area contributed by atoms with Crippen molar-refractivity contribution in [3.63, 3.8) is 0 Å². The summed E-state index contributed by atoms with van der Waals surface area (Å²) in [7, 11) is 0. The fraction of sp³-hybridized carbons (Fsp3) is 0.143. The van der Waals surface area contributed by atoms with E-state index < -0.39 is 0 Å². The molecule has 15 heavy (non-hydrogen) atoms. The van der Waals surface area contributed by atoms with Crippen LogP contribution < -0.4 is 0 Å². The highest BCUT2D eigenvalue weighted by molar-refractivity contribution is 7.98. The molecule has 1 aliphatic heterocycles. The van der Waals surface area contributed by atoms with Crippen LogP contribution in [0.15, 0.2) is 24.3 Å². The highest BCUT2D eigenvalue weighted by atomic mass is 32.2.